The van der Waals surface area contributed by atoms with E-state index in [9.17, 15) is 0 Å². The quantitative estimate of drug-likeness (QED) is 0.903. The van der Waals surface area contributed by atoms with Gasteiger partial charge >= 0.3 is 0 Å². The summed E-state index contributed by atoms with van der Waals surface area (Å²) >= 11 is 3.57. The first-order valence-electron chi connectivity index (χ1n) is 4.88. The highest BCUT2D eigenvalue weighted by Crippen LogP contribution is 2.32. The van der Waals surface area contributed by atoms with E-state index in [4.69, 9.17) is 4.74 Å². The third-order valence-electron chi connectivity index (χ3n) is 2.64. The van der Waals surface area contributed by atoms with E-state index in [-0.39, 0.29) is 12.4 Å². The Kier molecular flexibility index (Phi) is 4.90. The van der Waals surface area contributed by atoms with Gasteiger partial charge in [-0.25, -0.2) is 0 Å². The Morgan fingerprint density at radius 2 is 2.27 bits per heavy atom. The molecule has 0 unspecified atom stereocenters. The van der Waals surface area contributed by atoms with Crippen LogP contribution in [0.3, 0.4) is 0 Å². The zero-order valence-electron chi connectivity index (χ0n) is 8.63. The molecule has 1 aliphatic rings. The molecule has 0 aromatic heterocycles. The second-order valence-corrected chi connectivity index (χ2v) is 4.39. The van der Waals surface area contributed by atoms with Gasteiger partial charge < -0.3 is 10.1 Å². The second-order valence-electron chi connectivity index (χ2n) is 3.54. The monoisotopic (exact) mass is 291 g/mol. The number of ether oxygens (including phenoxy) is 1. The molecule has 4 heteroatoms. The van der Waals surface area contributed by atoms with Crippen LogP contribution in [0.4, 0.5) is 0 Å². The maximum atomic E-state index is 5.22. The fourth-order valence-electron chi connectivity index (χ4n) is 1.87. The first kappa shape index (κ1) is 12.8. The van der Waals surface area contributed by atoms with Gasteiger partial charge in [0.1, 0.15) is 5.75 Å². The minimum Gasteiger partial charge on any atom is -0.497 e. The molecule has 0 spiro atoms. The number of rotatable bonds is 2. The first-order valence-corrected chi connectivity index (χ1v) is 5.67. The number of halogens is 2. The summed E-state index contributed by atoms with van der Waals surface area (Å²) < 4.78 is 6.39. The minimum absolute atomic E-state index is 0. The van der Waals surface area contributed by atoms with E-state index in [0.29, 0.717) is 6.04 Å². The molecule has 1 N–H and O–H groups in total. The molecule has 1 saturated heterocycles. The predicted molar refractivity (Wildman–Crippen MR) is 67.9 cm³/mol. The summed E-state index contributed by atoms with van der Waals surface area (Å²) in [5.74, 6) is 0.928. The minimum atomic E-state index is 0. The van der Waals surface area contributed by atoms with Gasteiger partial charge in [-0.1, -0.05) is 15.9 Å². The van der Waals surface area contributed by atoms with Crippen LogP contribution in [0, 0.1) is 0 Å². The molecule has 0 amide bonds. The lowest BCUT2D eigenvalue weighted by atomic mass is 10.1. The van der Waals surface area contributed by atoms with Crippen LogP contribution < -0.4 is 10.1 Å². The zero-order valence-corrected chi connectivity index (χ0v) is 11.0. The average molecular weight is 293 g/mol. The Bertz CT molecular complexity index is 326. The topological polar surface area (TPSA) is 21.3 Å². The van der Waals surface area contributed by atoms with Crippen LogP contribution in [0.1, 0.15) is 24.4 Å². The maximum Gasteiger partial charge on any atom is 0.119 e. The highest BCUT2D eigenvalue weighted by molar-refractivity contribution is 9.10. The van der Waals surface area contributed by atoms with Gasteiger partial charge in [-0.15, -0.1) is 12.4 Å². The smallest absolute Gasteiger partial charge is 0.119 e. The number of methoxy groups -OCH3 is 1. The van der Waals surface area contributed by atoms with Crippen LogP contribution in [0.15, 0.2) is 22.7 Å². The van der Waals surface area contributed by atoms with Crippen molar-refractivity contribution >= 4 is 28.3 Å². The Hall–Kier alpha value is -0.250. The molecule has 1 fully saturated rings. The highest BCUT2D eigenvalue weighted by atomic mass is 79.9. The van der Waals surface area contributed by atoms with Gasteiger partial charge in [0.05, 0.1) is 7.11 Å². The zero-order chi connectivity index (χ0) is 9.97. The van der Waals surface area contributed by atoms with Crippen molar-refractivity contribution in [3.63, 3.8) is 0 Å². The van der Waals surface area contributed by atoms with Gasteiger partial charge in [0.2, 0.25) is 0 Å². The second kappa shape index (κ2) is 5.73. The number of hydrogen-bond acceptors (Lipinski definition) is 2. The van der Waals surface area contributed by atoms with Crippen molar-refractivity contribution < 1.29 is 4.74 Å². The van der Waals surface area contributed by atoms with E-state index in [0.717, 1.165) is 16.8 Å². The van der Waals surface area contributed by atoms with Gasteiger partial charge in [-0.2, -0.15) is 0 Å². The molecule has 0 saturated carbocycles. The Balaban J connectivity index is 0.00000112. The molecule has 1 heterocycles. The standard InChI is InChI=1S/C11H14BrNO.ClH/c1-14-8-4-5-10(12)9(7-8)11-3-2-6-13-11;/h4-5,7,11,13H,2-3,6H2,1H3;1H/t11-;/m1./s1. The number of hydrogen-bond donors (Lipinski definition) is 1. The molecule has 15 heavy (non-hydrogen) atoms. The lowest BCUT2D eigenvalue weighted by molar-refractivity contribution is 0.413. The molecule has 2 rings (SSSR count). The van der Waals surface area contributed by atoms with Crippen LogP contribution in [0.25, 0.3) is 0 Å². The summed E-state index contributed by atoms with van der Waals surface area (Å²) in [5, 5.41) is 3.48. The van der Waals surface area contributed by atoms with Crippen molar-refractivity contribution in [1.29, 1.82) is 0 Å². The molecule has 1 aromatic carbocycles. The fraction of sp³-hybridized carbons (Fsp3) is 0.455. The largest absolute Gasteiger partial charge is 0.497 e. The summed E-state index contributed by atoms with van der Waals surface area (Å²) in [5.41, 5.74) is 1.31. The van der Waals surface area contributed by atoms with Crippen LogP contribution in [-0.2, 0) is 0 Å². The summed E-state index contributed by atoms with van der Waals surface area (Å²) in [4.78, 5) is 0. The molecule has 1 aromatic rings. The predicted octanol–water partition coefficient (Wildman–Crippen LogP) is 3.30. The van der Waals surface area contributed by atoms with Crippen molar-refractivity contribution in [2.24, 2.45) is 0 Å². The Morgan fingerprint density at radius 1 is 1.47 bits per heavy atom. The number of benzene rings is 1. The van der Waals surface area contributed by atoms with Crippen molar-refractivity contribution in [1.82, 2.24) is 5.32 Å². The van der Waals surface area contributed by atoms with Crippen LogP contribution in [0.5, 0.6) is 5.75 Å². The van der Waals surface area contributed by atoms with Crippen LogP contribution in [0.2, 0.25) is 0 Å². The summed E-state index contributed by atoms with van der Waals surface area (Å²) in [6, 6.07) is 6.61. The molecule has 0 aliphatic carbocycles. The lowest BCUT2D eigenvalue weighted by Gasteiger charge is -2.13. The molecule has 1 aliphatic heterocycles. The average Bonchev–Trinajstić information content (AvgIpc) is 2.71. The summed E-state index contributed by atoms with van der Waals surface area (Å²) in [6.45, 7) is 1.12. The molecule has 84 valence electrons. The van der Waals surface area contributed by atoms with Crippen molar-refractivity contribution in [3.8, 4) is 5.75 Å². The SMILES string of the molecule is COc1ccc(Br)c([C@H]2CCCN2)c1.Cl. The van der Waals surface area contributed by atoms with E-state index in [2.05, 4.69) is 27.3 Å². The van der Waals surface area contributed by atoms with Crippen LogP contribution >= 0.6 is 28.3 Å². The van der Waals surface area contributed by atoms with Gasteiger partial charge in [0, 0.05) is 10.5 Å². The highest BCUT2D eigenvalue weighted by Gasteiger charge is 2.18. The van der Waals surface area contributed by atoms with E-state index in [1.807, 2.05) is 12.1 Å². The molecular formula is C11H15BrClNO. The summed E-state index contributed by atoms with van der Waals surface area (Å²) in [7, 11) is 1.70. The van der Waals surface area contributed by atoms with E-state index in [1.165, 1.54) is 18.4 Å². The van der Waals surface area contributed by atoms with E-state index < -0.39 is 0 Å². The van der Waals surface area contributed by atoms with Crippen molar-refractivity contribution in [3.05, 3.63) is 28.2 Å². The fourth-order valence-corrected chi connectivity index (χ4v) is 2.39. The maximum absolute atomic E-state index is 5.22. The van der Waals surface area contributed by atoms with Gasteiger partial charge in [0.25, 0.3) is 0 Å². The van der Waals surface area contributed by atoms with Crippen LogP contribution in [-0.4, -0.2) is 13.7 Å². The van der Waals surface area contributed by atoms with E-state index >= 15 is 0 Å². The third-order valence-corrected chi connectivity index (χ3v) is 3.36. The molecule has 0 bridgehead atoms. The lowest BCUT2D eigenvalue weighted by Crippen LogP contribution is -2.13. The molecule has 1 atom stereocenters. The number of nitrogens with one attached hydrogen (secondary N) is 1. The van der Waals surface area contributed by atoms with Gasteiger partial charge in [0.15, 0.2) is 0 Å². The summed E-state index contributed by atoms with van der Waals surface area (Å²) in [6.07, 6.45) is 2.47. The van der Waals surface area contributed by atoms with Gasteiger partial charge in [-0.3, -0.25) is 0 Å². The Labute approximate surface area is 105 Å². The van der Waals surface area contributed by atoms with E-state index in [1.54, 1.807) is 7.11 Å². The third kappa shape index (κ3) is 2.86. The normalized spacial score (nSPS) is 19.7. The van der Waals surface area contributed by atoms with Crippen molar-refractivity contribution in [2.45, 2.75) is 18.9 Å². The Morgan fingerprint density at radius 3 is 2.87 bits per heavy atom. The molecule has 0 radical (unpaired) electrons. The van der Waals surface area contributed by atoms with Gasteiger partial charge in [-0.05, 0) is 43.1 Å². The molecular weight excluding hydrogens is 277 g/mol. The first-order chi connectivity index (χ1) is 6.81. The van der Waals surface area contributed by atoms with Crippen molar-refractivity contribution in [2.75, 3.05) is 13.7 Å². The molecule has 2 nitrogen and oxygen atoms in total.